The van der Waals surface area contributed by atoms with Crippen molar-refractivity contribution in [3.8, 4) is 0 Å². The van der Waals surface area contributed by atoms with Crippen molar-refractivity contribution in [1.29, 1.82) is 0 Å². The fourth-order valence-corrected chi connectivity index (χ4v) is 1.67. The van der Waals surface area contributed by atoms with E-state index in [4.69, 9.17) is 21.7 Å². The third-order valence-corrected chi connectivity index (χ3v) is 2.51. The second kappa shape index (κ2) is 5.85. The number of hydrogen-bond acceptors (Lipinski definition) is 6. The minimum absolute atomic E-state index is 0.0879. The quantitative estimate of drug-likeness (QED) is 0.384. The molecular weight excluding hydrogens is 275 g/mol. The second-order valence-corrected chi connectivity index (χ2v) is 4.01. The molecule has 0 saturated heterocycles. The van der Waals surface area contributed by atoms with E-state index >= 15 is 0 Å². The molecule has 0 fully saturated rings. The molecule has 0 amide bonds. The molecule has 2 aromatic rings. The number of halogens is 1. The van der Waals surface area contributed by atoms with Crippen molar-refractivity contribution in [1.82, 2.24) is 19.5 Å². The molecule has 2 aromatic heterocycles. The van der Waals surface area contributed by atoms with Crippen molar-refractivity contribution in [2.75, 3.05) is 13.2 Å². The van der Waals surface area contributed by atoms with E-state index in [1.54, 1.807) is 4.57 Å². The zero-order valence-corrected chi connectivity index (χ0v) is 10.9. The zero-order valence-electron chi connectivity index (χ0n) is 10.1. The highest BCUT2D eigenvalue weighted by Gasteiger charge is 2.07. The molecule has 2 heterocycles. The van der Waals surface area contributed by atoms with E-state index in [9.17, 15) is 9.18 Å². The molecule has 7 nitrogen and oxygen atoms in total. The van der Waals surface area contributed by atoms with Crippen molar-refractivity contribution < 1.29 is 18.7 Å². The maximum Gasteiger partial charge on any atom is 0.302 e. The van der Waals surface area contributed by atoms with Crippen LogP contribution in [0.5, 0.6) is 0 Å². The fourth-order valence-electron chi connectivity index (χ4n) is 1.44. The van der Waals surface area contributed by atoms with E-state index in [1.165, 1.54) is 13.3 Å². The van der Waals surface area contributed by atoms with Gasteiger partial charge in [-0.25, -0.2) is 4.98 Å². The summed E-state index contributed by atoms with van der Waals surface area (Å²) in [6.07, 6.45) is 0.684. The number of H-pyrrole nitrogens is 1. The lowest BCUT2D eigenvalue weighted by Crippen LogP contribution is -2.10. The summed E-state index contributed by atoms with van der Waals surface area (Å²) in [6.45, 7) is 1.84. The Balaban J connectivity index is 2.01. The summed E-state index contributed by atoms with van der Waals surface area (Å²) in [4.78, 5) is 20.4. The number of imidazole rings is 1. The van der Waals surface area contributed by atoms with Gasteiger partial charge in [-0.05, 0) is 0 Å². The average molecular weight is 286 g/mol. The summed E-state index contributed by atoms with van der Waals surface area (Å²) in [7, 11) is 0. The van der Waals surface area contributed by atoms with Gasteiger partial charge >= 0.3 is 5.97 Å². The van der Waals surface area contributed by atoms with E-state index < -0.39 is 6.08 Å². The van der Waals surface area contributed by atoms with E-state index in [1.807, 2.05) is 0 Å². The maximum atomic E-state index is 13.1. The molecule has 9 heteroatoms. The van der Waals surface area contributed by atoms with Gasteiger partial charge in [0.05, 0.1) is 12.9 Å². The fraction of sp³-hybridized carbons (Fsp3) is 0.400. The van der Waals surface area contributed by atoms with Crippen LogP contribution in [0, 0.1) is 10.7 Å². The number of ether oxygens (including phenoxy) is 2. The predicted octanol–water partition coefficient (Wildman–Crippen LogP) is 1.17. The van der Waals surface area contributed by atoms with Crippen LogP contribution in [0.3, 0.4) is 0 Å². The molecule has 0 spiro atoms. The minimum Gasteiger partial charge on any atom is -0.463 e. The van der Waals surface area contributed by atoms with Gasteiger partial charge in [-0.15, -0.1) is 0 Å². The van der Waals surface area contributed by atoms with Crippen molar-refractivity contribution in [3.05, 3.63) is 17.0 Å². The van der Waals surface area contributed by atoms with Gasteiger partial charge < -0.3 is 9.47 Å². The van der Waals surface area contributed by atoms with Gasteiger partial charge in [0.2, 0.25) is 0 Å². The van der Waals surface area contributed by atoms with Gasteiger partial charge in [0, 0.05) is 6.92 Å². The molecule has 0 aliphatic carbocycles. The normalized spacial score (nSPS) is 10.8. The van der Waals surface area contributed by atoms with Crippen LogP contribution in [0.2, 0.25) is 0 Å². The molecule has 2 rings (SSSR count). The Morgan fingerprint density at radius 3 is 3.11 bits per heavy atom. The van der Waals surface area contributed by atoms with Crippen LogP contribution in [0.15, 0.2) is 6.33 Å². The number of aromatic nitrogens is 4. The van der Waals surface area contributed by atoms with E-state index in [0.29, 0.717) is 11.2 Å². The Labute approximate surface area is 112 Å². The van der Waals surface area contributed by atoms with E-state index in [0.717, 1.165) is 0 Å². The molecule has 0 bridgehead atoms. The summed E-state index contributed by atoms with van der Waals surface area (Å²) in [5.74, 6) is -0.367. The lowest BCUT2D eigenvalue weighted by molar-refractivity contribution is -0.142. The summed E-state index contributed by atoms with van der Waals surface area (Å²) in [6, 6.07) is 0. The van der Waals surface area contributed by atoms with Gasteiger partial charge in [0.25, 0.3) is 6.08 Å². The largest absolute Gasteiger partial charge is 0.463 e. The highest BCUT2D eigenvalue weighted by molar-refractivity contribution is 7.71. The molecule has 0 radical (unpaired) electrons. The van der Waals surface area contributed by atoms with Crippen LogP contribution in [0.25, 0.3) is 11.2 Å². The Bertz CT molecular complexity index is 654. The van der Waals surface area contributed by atoms with Gasteiger partial charge in [-0.3, -0.25) is 14.3 Å². The first kappa shape index (κ1) is 13.6. The molecule has 1 N–H and O–H groups in total. The lowest BCUT2D eigenvalue weighted by Gasteiger charge is -2.06. The molecule has 0 saturated carbocycles. The van der Waals surface area contributed by atoms with Crippen molar-refractivity contribution in [3.63, 3.8) is 0 Å². The number of rotatable bonds is 5. The third kappa shape index (κ3) is 3.32. The molecule has 0 aliphatic rings. The first-order chi connectivity index (χ1) is 9.08. The monoisotopic (exact) mass is 286 g/mol. The number of nitrogens with one attached hydrogen (secondary N) is 1. The van der Waals surface area contributed by atoms with Crippen LogP contribution < -0.4 is 0 Å². The Morgan fingerprint density at radius 1 is 1.58 bits per heavy atom. The number of nitrogens with zero attached hydrogens (tertiary/aromatic N) is 3. The summed E-state index contributed by atoms with van der Waals surface area (Å²) in [5.41, 5.74) is 0.796. The average Bonchev–Trinajstić information content (AvgIpc) is 2.72. The number of esters is 1. The van der Waals surface area contributed by atoms with Gasteiger partial charge in [0.15, 0.2) is 4.64 Å². The topological polar surface area (TPSA) is 82.0 Å². The van der Waals surface area contributed by atoms with Crippen molar-refractivity contribution in [2.24, 2.45) is 0 Å². The van der Waals surface area contributed by atoms with Gasteiger partial charge in [0.1, 0.15) is 24.5 Å². The van der Waals surface area contributed by atoms with Gasteiger partial charge in [-0.2, -0.15) is 9.37 Å². The number of carbonyl (C=O) groups is 1. The molecule has 19 heavy (non-hydrogen) atoms. The summed E-state index contributed by atoms with van der Waals surface area (Å²) < 4.78 is 24.7. The SMILES string of the molecule is CC(=O)OCCOCn1cnc2c(=S)nc(F)[nH]c21. The molecule has 0 unspecified atom stereocenters. The molecule has 0 aromatic carbocycles. The maximum absolute atomic E-state index is 13.1. The smallest absolute Gasteiger partial charge is 0.302 e. The molecule has 0 aliphatic heterocycles. The third-order valence-electron chi connectivity index (χ3n) is 2.22. The molecule has 102 valence electrons. The first-order valence-corrected chi connectivity index (χ1v) is 5.80. The van der Waals surface area contributed by atoms with Crippen molar-refractivity contribution in [2.45, 2.75) is 13.7 Å². The summed E-state index contributed by atoms with van der Waals surface area (Å²) in [5, 5.41) is 0. The van der Waals surface area contributed by atoms with E-state index in [-0.39, 0.29) is 30.6 Å². The Morgan fingerprint density at radius 2 is 2.37 bits per heavy atom. The molecule has 0 atom stereocenters. The van der Waals surface area contributed by atoms with Crippen LogP contribution >= 0.6 is 12.2 Å². The van der Waals surface area contributed by atoms with E-state index in [2.05, 4.69) is 15.0 Å². The highest BCUT2D eigenvalue weighted by Crippen LogP contribution is 2.10. The number of aromatic amines is 1. The number of fused-ring (bicyclic) bond motifs is 1. The molecular formula is C10H11FN4O3S. The van der Waals surface area contributed by atoms with Crippen molar-refractivity contribution >= 4 is 29.4 Å². The Hall–Kier alpha value is -1.87. The number of carbonyl (C=O) groups excluding carboxylic acids is 1. The predicted molar refractivity (Wildman–Crippen MR) is 65.3 cm³/mol. The highest BCUT2D eigenvalue weighted by atomic mass is 32.1. The standard InChI is InChI=1S/C10H11FN4O3S/c1-6(16)18-3-2-17-5-15-4-12-7-8(15)13-10(11)14-9(7)19/h4H,2-3,5H2,1H3,(H,13,14,19). The van der Waals surface area contributed by atoms with Crippen LogP contribution in [0.4, 0.5) is 4.39 Å². The van der Waals surface area contributed by atoms with Gasteiger partial charge in [-0.1, -0.05) is 12.2 Å². The Kier molecular flexibility index (Phi) is 4.17. The minimum atomic E-state index is -0.779. The summed E-state index contributed by atoms with van der Waals surface area (Å²) >= 11 is 4.89. The second-order valence-electron chi connectivity index (χ2n) is 3.62. The number of hydrogen-bond donors (Lipinski definition) is 1. The lowest BCUT2D eigenvalue weighted by atomic mass is 10.5. The zero-order chi connectivity index (χ0) is 13.8. The first-order valence-electron chi connectivity index (χ1n) is 5.39. The van der Waals surface area contributed by atoms with Crippen LogP contribution in [0.1, 0.15) is 6.92 Å². The van der Waals surface area contributed by atoms with Crippen LogP contribution in [-0.4, -0.2) is 38.7 Å². The van der Waals surface area contributed by atoms with Crippen LogP contribution in [-0.2, 0) is 21.0 Å².